The lowest BCUT2D eigenvalue weighted by molar-refractivity contribution is -0.120. The molecule has 0 aliphatic carbocycles. The summed E-state index contributed by atoms with van der Waals surface area (Å²) in [6, 6.07) is 9.60. The van der Waals surface area contributed by atoms with Gasteiger partial charge in [-0.15, -0.1) is 10.2 Å². The lowest BCUT2D eigenvalue weighted by Gasteiger charge is -2.26. The van der Waals surface area contributed by atoms with Crippen molar-refractivity contribution in [2.45, 2.75) is 50.7 Å². The van der Waals surface area contributed by atoms with E-state index in [9.17, 15) is 23.2 Å². The SMILES string of the molecule is C=C(NN(C)c1ccc(CN2C(=O)CCC(F)(F)c3cc(F)c(-c4nnc(C(C)(C)C#N)o4)cc32)cc1)C(F)(F)F. The number of rotatable bonds is 7. The number of carbonyl (C=O) groups is 1. The fraction of sp³-hybridized carbons (Fsp3) is 0.333. The number of allylic oxidation sites excluding steroid dienone is 1. The van der Waals surface area contributed by atoms with Crippen LogP contribution in [0.1, 0.15) is 43.7 Å². The predicted molar refractivity (Wildman–Crippen MR) is 136 cm³/mol. The predicted octanol–water partition coefficient (Wildman–Crippen LogP) is 6.11. The Labute approximate surface area is 230 Å². The van der Waals surface area contributed by atoms with Crippen LogP contribution in [0.25, 0.3) is 11.5 Å². The summed E-state index contributed by atoms with van der Waals surface area (Å²) in [6.07, 6.45) is -6.01. The number of benzene rings is 2. The van der Waals surface area contributed by atoms with Crippen LogP contribution in [0.3, 0.4) is 0 Å². The van der Waals surface area contributed by atoms with Crippen LogP contribution in [-0.2, 0) is 22.7 Å². The van der Waals surface area contributed by atoms with Crippen LogP contribution < -0.4 is 15.3 Å². The lowest BCUT2D eigenvalue weighted by Crippen LogP contribution is -2.38. The molecule has 4 rings (SSSR count). The summed E-state index contributed by atoms with van der Waals surface area (Å²) in [5.74, 6) is -5.73. The van der Waals surface area contributed by atoms with Gasteiger partial charge in [0.2, 0.25) is 11.8 Å². The van der Waals surface area contributed by atoms with E-state index >= 15 is 13.2 Å². The molecule has 41 heavy (non-hydrogen) atoms. The smallest absolute Gasteiger partial charge is 0.419 e. The number of hydrogen-bond donors (Lipinski definition) is 1. The number of nitrogens with one attached hydrogen (secondary N) is 1. The van der Waals surface area contributed by atoms with E-state index in [0.717, 1.165) is 16.0 Å². The monoisotopic (exact) mass is 578 g/mol. The number of anilines is 2. The first kappa shape index (κ1) is 29.4. The van der Waals surface area contributed by atoms with Gasteiger partial charge in [0, 0.05) is 25.5 Å². The molecule has 14 heteroatoms. The Hall–Kier alpha value is -4.54. The van der Waals surface area contributed by atoms with E-state index in [4.69, 9.17) is 4.42 Å². The third kappa shape index (κ3) is 5.98. The Balaban J connectivity index is 1.69. The normalized spacial score (nSPS) is 15.1. The summed E-state index contributed by atoms with van der Waals surface area (Å²) in [4.78, 5) is 14.1. The zero-order chi connectivity index (χ0) is 30.3. The molecule has 2 aromatic carbocycles. The van der Waals surface area contributed by atoms with E-state index in [1.165, 1.54) is 45.2 Å². The summed E-state index contributed by atoms with van der Waals surface area (Å²) >= 11 is 0. The van der Waals surface area contributed by atoms with Crippen LogP contribution in [0.15, 0.2) is 53.1 Å². The summed E-state index contributed by atoms with van der Waals surface area (Å²) in [5, 5.41) is 18.0. The van der Waals surface area contributed by atoms with Crippen LogP contribution in [0.2, 0.25) is 0 Å². The molecule has 1 N–H and O–H groups in total. The molecule has 0 bridgehead atoms. The van der Waals surface area contributed by atoms with Crippen LogP contribution in [-0.4, -0.2) is 29.3 Å². The quantitative estimate of drug-likeness (QED) is 0.267. The molecule has 8 nitrogen and oxygen atoms in total. The van der Waals surface area contributed by atoms with Crippen molar-refractivity contribution in [2.75, 3.05) is 17.0 Å². The number of fused-ring (bicyclic) bond motifs is 1. The maximum Gasteiger partial charge on any atom is 0.432 e. The summed E-state index contributed by atoms with van der Waals surface area (Å²) in [6.45, 7) is 5.76. The van der Waals surface area contributed by atoms with Gasteiger partial charge in [-0.25, -0.2) is 13.2 Å². The Morgan fingerprint density at radius 1 is 1.22 bits per heavy atom. The molecule has 0 saturated heterocycles. The van der Waals surface area contributed by atoms with E-state index in [2.05, 4.69) is 22.2 Å². The average Bonchev–Trinajstić information content (AvgIpc) is 3.38. The molecule has 1 aliphatic rings. The van der Waals surface area contributed by atoms with Crippen LogP contribution in [0.5, 0.6) is 0 Å². The Bertz CT molecular complexity index is 1520. The maximum absolute atomic E-state index is 15.1. The van der Waals surface area contributed by atoms with E-state index in [0.29, 0.717) is 17.3 Å². The maximum atomic E-state index is 15.1. The van der Waals surface area contributed by atoms with E-state index in [1.807, 2.05) is 6.07 Å². The number of hydrogen-bond acceptors (Lipinski definition) is 7. The van der Waals surface area contributed by atoms with Crippen molar-refractivity contribution in [1.29, 1.82) is 5.26 Å². The molecule has 0 radical (unpaired) electrons. The Morgan fingerprint density at radius 3 is 2.49 bits per heavy atom. The van der Waals surface area contributed by atoms with Gasteiger partial charge < -0.3 is 9.32 Å². The molecule has 0 unspecified atom stereocenters. The van der Waals surface area contributed by atoms with E-state index in [-0.39, 0.29) is 29.6 Å². The van der Waals surface area contributed by atoms with Gasteiger partial charge in [0.25, 0.3) is 11.8 Å². The number of carbonyl (C=O) groups excluding carboxylic acids is 1. The number of aromatic nitrogens is 2. The third-order valence-electron chi connectivity index (χ3n) is 6.50. The second-order valence-electron chi connectivity index (χ2n) is 10.00. The number of nitrogens with zero attached hydrogens (tertiary/aromatic N) is 5. The van der Waals surface area contributed by atoms with Gasteiger partial charge in [0.1, 0.15) is 16.9 Å². The number of hydrazine groups is 1. The first-order chi connectivity index (χ1) is 19.0. The van der Waals surface area contributed by atoms with Crippen molar-refractivity contribution in [3.05, 3.63) is 71.5 Å². The summed E-state index contributed by atoms with van der Waals surface area (Å²) < 4.78 is 89.1. The molecule has 0 spiro atoms. The largest absolute Gasteiger partial charge is 0.432 e. The minimum absolute atomic E-state index is 0.110. The van der Waals surface area contributed by atoms with Crippen LogP contribution in [0.4, 0.5) is 37.7 Å². The highest BCUT2D eigenvalue weighted by Crippen LogP contribution is 2.45. The number of halogens is 6. The van der Waals surface area contributed by atoms with Crippen molar-refractivity contribution in [3.8, 4) is 17.5 Å². The fourth-order valence-electron chi connectivity index (χ4n) is 4.05. The molecule has 1 amide bonds. The highest BCUT2D eigenvalue weighted by molar-refractivity contribution is 5.96. The van der Waals surface area contributed by atoms with Crippen LogP contribution in [0, 0.1) is 17.1 Å². The first-order valence-electron chi connectivity index (χ1n) is 12.2. The van der Waals surface area contributed by atoms with Gasteiger partial charge in [-0.05, 0) is 43.7 Å². The number of alkyl halides is 5. The molecule has 3 aromatic rings. The zero-order valence-corrected chi connectivity index (χ0v) is 22.1. The standard InChI is InChI=1S/C27H24F6N6O2/c1-15(27(31,32)33)37-38(4)17-7-5-16(6-8-17)13-39-21-11-18(23-35-36-24(41-23)25(2,3)14-34)20(28)12-19(21)26(29,30)10-9-22(39)40/h5-8,11-12,37H,1,9-10,13H2,2-4H3. The highest BCUT2D eigenvalue weighted by atomic mass is 19.4. The van der Waals surface area contributed by atoms with Gasteiger partial charge in [-0.2, -0.15) is 18.4 Å². The molecule has 1 aromatic heterocycles. The highest BCUT2D eigenvalue weighted by Gasteiger charge is 2.41. The molecular formula is C27H24F6N6O2. The van der Waals surface area contributed by atoms with Crippen molar-refractivity contribution in [1.82, 2.24) is 15.6 Å². The molecule has 216 valence electrons. The molecule has 0 fully saturated rings. The summed E-state index contributed by atoms with van der Waals surface area (Å²) in [5.41, 5.74) is -0.779. The van der Waals surface area contributed by atoms with Crippen molar-refractivity contribution in [2.24, 2.45) is 0 Å². The molecule has 0 atom stereocenters. The molecule has 0 saturated carbocycles. The van der Waals surface area contributed by atoms with E-state index < -0.39 is 53.3 Å². The topological polar surface area (TPSA) is 98.3 Å². The Morgan fingerprint density at radius 2 is 1.88 bits per heavy atom. The minimum atomic E-state index is -4.65. The summed E-state index contributed by atoms with van der Waals surface area (Å²) in [7, 11) is 1.35. The molecule has 1 aliphatic heterocycles. The number of amides is 1. The molecule has 2 heterocycles. The van der Waals surface area contributed by atoms with Gasteiger partial charge in [0.05, 0.1) is 29.6 Å². The van der Waals surface area contributed by atoms with Gasteiger partial charge in [0.15, 0.2) is 0 Å². The average molecular weight is 579 g/mol. The molecular weight excluding hydrogens is 554 g/mol. The van der Waals surface area contributed by atoms with Crippen molar-refractivity contribution >= 4 is 17.3 Å². The van der Waals surface area contributed by atoms with E-state index in [1.54, 1.807) is 0 Å². The first-order valence-corrected chi connectivity index (χ1v) is 12.2. The second-order valence-corrected chi connectivity index (χ2v) is 10.00. The van der Waals surface area contributed by atoms with Crippen LogP contribution >= 0.6 is 0 Å². The van der Waals surface area contributed by atoms with Gasteiger partial charge in [-0.1, -0.05) is 18.7 Å². The van der Waals surface area contributed by atoms with Gasteiger partial charge in [-0.3, -0.25) is 15.2 Å². The van der Waals surface area contributed by atoms with Gasteiger partial charge >= 0.3 is 6.18 Å². The number of nitriles is 1. The zero-order valence-electron chi connectivity index (χ0n) is 22.1. The Kier molecular flexibility index (Phi) is 7.51. The second kappa shape index (κ2) is 10.5. The van der Waals surface area contributed by atoms with Crippen molar-refractivity contribution in [3.63, 3.8) is 0 Å². The third-order valence-corrected chi connectivity index (χ3v) is 6.50. The fourth-order valence-corrected chi connectivity index (χ4v) is 4.05. The lowest BCUT2D eigenvalue weighted by atomic mass is 9.96. The minimum Gasteiger partial charge on any atom is -0.419 e. The van der Waals surface area contributed by atoms with Crippen molar-refractivity contribution < 1.29 is 35.6 Å².